The van der Waals surface area contributed by atoms with Crippen LogP contribution in [0.2, 0.25) is 0 Å². The first-order chi connectivity index (χ1) is 38.9. The Morgan fingerprint density at radius 3 is 1.05 bits per heavy atom. The summed E-state index contributed by atoms with van der Waals surface area (Å²) in [6.07, 6.45) is 0. The van der Waals surface area contributed by atoms with Gasteiger partial charge in [0.2, 0.25) is 0 Å². The van der Waals surface area contributed by atoms with E-state index in [-0.39, 0.29) is 34.7 Å². The molecule has 0 saturated heterocycles. The van der Waals surface area contributed by atoms with Crippen molar-refractivity contribution in [3.8, 4) is 77.7 Å². The molecule has 0 N–H and O–H groups in total. The van der Waals surface area contributed by atoms with Gasteiger partial charge in [-0.3, -0.25) is 0 Å². The molecule has 0 saturated carbocycles. The normalized spacial score (nSPS) is 11.3. The molecular weight excluding hydrogens is 1080 g/mol. The summed E-state index contributed by atoms with van der Waals surface area (Å²) in [4.78, 5) is 10.3. The van der Waals surface area contributed by atoms with Gasteiger partial charge in [-0.1, -0.05) is 145 Å². The van der Waals surface area contributed by atoms with Crippen molar-refractivity contribution in [2.75, 3.05) is 0 Å². The molecule has 0 spiro atoms. The molecular formula is C70H50N4O2S2Zr. The molecule has 0 aliphatic heterocycles. The van der Waals surface area contributed by atoms with Crippen LogP contribution in [-0.2, 0) is 31.5 Å². The molecule has 0 fully saturated rings. The van der Waals surface area contributed by atoms with Crippen LogP contribution in [0, 0.1) is 13.8 Å². The Labute approximate surface area is 478 Å². The molecule has 0 radical (unpaired) electrons. The molecule has 79 heavy (non-hydrogen) atoms. The first-order valence-corrected chi connectivity index (χ1v) is 31.6. The average Bonchev–Trinajstić information content (AvgIpc) is 4.46. The van der Waals surface area contributed by atoms with Gasteiger partial charge in [0.05, 0.1) is 33.5 Å². The Kier molecular flexibility index (Phi) is 13.8. The van der Waals surface area contributed by atoms with Crippen LogP contribution in [0.1, 0.15) is 22.3 Å². The van der Waals surface area contributed by atoms with Gasteiger partial charge in [-0.25, -0.2) is 9.97 Å². The zero-order chi connectivity index (χ0) is 53.4. The number of aromatic nitrogens is 4. The predicted molar refractivity (Wildman–Crippen MR) is 322 cm³/mol. The molecule has 0 aliphatic rings. The first-order valence-electron chi connectivity index (χ1n) is 26.4. The van der Waals surface area contributed by atoms with Gasteiger partial charge in [-0.05, 0) is 83.6 Å². The van der Waals surface area contributed by atoms with E-state index in [0.717, 1.165) is 98.4 Å². The van der Waals surface area contributed by atoms with Gasteiger partial charge in [0.25, 0.3) is 0 Å². The number of nitrogens with zero attached hydrogens (tertiary/aromatic N) is 4. The molecule has 0 atom stereocenters. The van der Waals surface area contributed by atoms with Crippen LogP contribution in [0.4, 0.5) is 0 Å². The predicted octanol–water partition coefficient (Wildman–Crippen LogP) is 17.4. The maximum absolute atomic E-state index is 14.7. The van der Waals surface area contributed by atoms with Crippen molar-refractivity contribution in [3.63, 3.8) is 0 Å². The minimum absolute atomic E-state index is 0.0414. The summed E-state index contributed by atoms with van der Waals surface area (Å²) < 4.78 is 6.90. The number of hydrogen-bond acceptors (Lipinski definition) is 6. The van der Waals surface area contributed by atoms with Gasteiger partial charge in [0.1, 0.15) is 0 Å². The Morgan fingerprint density at radius 2 is 0.684 bits per heavy atom. The summed E-state index contributed by atoms with van der Waals surface area (Å²) in [5.41, 5.74) is 16.5. The van der Waals surface area contributed by atoms with Crippen molar-refractivity contribution in [2.24, 2.45) is 0 Å². The molecule has 0 aliphatic carbocycles. The molecule has 14 rings (SSSR count). The van der Waals surface area contributed by atoms with Gasteiger partial charge in [-0.2, -0.15) is 0 Å². The zero-order valence-corrected chi connectivity index (χ0v) is 47.5. The van der Waals surface area contributed by atoms with Crippen LogP contribution in [-0.4, -0.2) is 19.1 Å². The molecule has 0 bridgehead atoms. The van der Waals surface area contributed by atoms with Crippen LogP contribution < -0.4 is 10.2 Å². The number of fused-ring (bicyclic) bond motifs is 6. The molecule has 4 aromatic heterocycles. The number of aryl methyl sites for hydroxylation is 2. The summed E-state index contributed by atoms with van der Waals surface area (Å²) in [6, 6.07) is 78.7. The van der Waals surface area contributed by atoms with E-state index in [2.05, 4.69) is 118 Å². The van der Waals surface area contributed by atoms with E-state index in [0.29, 0.717) is 22.5 Å². The van der Waals surface area contributed by atoms with E-state index in [1.807, 2.05) is 146 Å². The average molecular weight is 1130 g/mol. The summed E-state index contributed by atoms with van der Waals surface area (Å²) >= 11 is 2.80. The van der Waals surface area contributed by atoms with E-state index in [4.69, 9.17) is 9.97 Å². The Morgan fingerprint density at radius 1 is 0.367 bits per heavy atom. The topological polar surface area (TPSA) is 81.8 Å². The van der Waals surface area contributed by atoms with E-state index >= 15 is 0 Å². The van der Waals surface area contributed by atoms with Crippen molar-refractivity contribution in [2.45, 2.75) is 22.1 Å². The van der Waals surface area contributed by atoms with Crippen molar-refractivity contribution in [1.82, 2.24) is 19.1 Å². The van der Waals surface area contributed by atoms with Crippen molar-refractivity contribution in [1.29, 1.82) is 0 Å². The van der Waals surface area contributed by atoms with Crippen LogP contribution in [0.25, 0.3) is 110 Å². The van der Waals surface area contributed by atoms with E-state index < -0.39 is 0 Å². The standard InChI is InChI=1S/C56H38N4O2S2.2C7H7.Zr/c1-33-27-43(53(61)51(29-33)59-47-23-11-7-19-39(47)40-20-8-12-24-48(40)59)35-15-3-5-17-37(35)45-31-63-55(57-45)56-58-46(32-64-56)38-18-6-4-16-36(38)44-28-34(2)30-52(54(44)62)60-49-25-13-9-21-41(49)42-22-10-14-26-50(42)60;2*1-7-5-3-2-4-6-7;/h3-32,61-62H,1-2H3;2*2-6H,1H2;/q;;;+2/p-2. The molecule has 0 amide bonds. The molecule has 378 valence electrons. The van der Waals surface area contributed by atoms with Crippen LogP contribution in [0.15, 0.2) is 241 Å². The summed E-state index contributed by atoms with van der Waals surface area (Å²) in [7, 11) is 0. The molecule has 9 heteroatoms. The van der Waals surface area contributed by atoms with Gasteiger partial charge in [0.15, 0.2) is 10.0 Å². The summed E-state index contributed by atoms with van der Waals surface area (Å²) in [5.74, 6) is -0.0828. The Hall–Kier alpha value is -8.46. The van der Waals surface area contributed by atoms with Gasteiger partial charge < -0.3 is 19.3 Å². The summed E-state index contributed by atoms with van der Waals surface area (Å²) in [6.45, 7) is 4.09. The molecule has 14 aromatic rings. The fourth-order valence-corrected chi connectivity index (χ4v) is 15.6. The number of hydrogen-bond donors (Lipinski definition) is 0. The number of thiazole rings is 2. The Bertz CT molecular complexity index is 4140. The second kappa shape index (κ2) is 21.8. The van der Waals surface area contributed by atoms with Crippen LogP contribution in [0.3, 0.4) is 0 Å². The molecule has 4 heterocycles. The van der Waals surface area contributed by atoms with E-state index in [9.17, 15) is 10.2 Å². The third-order valence-electron chi connectivity index (χ3n) is 14.6. The quantitative estimate of drug-likeness (QED) is 0.129. The summed E-state index contributed by atoms with van der Waals surface area (Å²) in [5, 5.41) is 39.6. The monoisotopic (exact) mass is 1130 g/mol. The van der Waals surface area contributed by atoms with Gasteiger partial charge in [-0.15, -0.1) is 22.7 Å². The third-order valence-corrected chi connectivity index (χ3v) is 19.7. The fourth-order valence-electron chi connectivity index (χ4n) is 11.0. The van der Waals surface area contributed by atoms with Crippen molar-refractivity contribution >= 4 is 66.3 Å². The van der Waals surface area contributed by atoms with E-state index in [1.54, 1.807) is 0 Å². The molecule has 10 aromatic carbocycles. The SMILES string of the molecule is Cc1cc(-c2ccccc2-c2csc(-c3nc(-c4ccccc4-c4cc(C)cc(-n5c6ccccc6c6ccccc65)c4[O-])cs3)n2)c([O-])c(-n2c3ccccc3c3ccccc32)c1.c1ccc([CH2][Zr+2][CH2]c2ccccc2)cc1. The second-order valence-corrected chi connectivity index (χ2v) is 24.5. The number of rotatable bonds is 11. The fraction of sp³-hybridized carbons (Fsp3) is 0.0571. The van der Waals surface area contributed by atoms with Gasteiger partial charge in [0, 0.05) is 54.8 Å². The van der Waals surface area contributed by atoms with Gasteiger partial charge >= 0.3 is 103 Å². The minimum atomic E-state index is -0.258. The number of benzene rings is 10. The van der Waals surface area contributed by atoms with Crippen LogP contribution >= 0.6 is 22.7 Å². The van der Waals surface area contributed by atoms with Crippen molar-refractivity contribution < 1.29 is 33.4 Å². The third kappa shape index (κ3) is 9.63. The van der Waals surface area contributed by atoms with E-state index in [1.165, 1.54) is 42.1 Å². The van der Waals surface area contributed by atoms with Crippen molar-refractivity contribution in [3.05, 3.63) is 264 Å². The maximum atomic E-state index is 14.7. The molecule has 0 unspecified atom stereocenters. The zero-order valence-electron chi connectivity index (χ0n) is 43.4. The second-order valence-electron chi connectivity index (χ2n) is 19.8. The molecule has 6 nitrogen and oxygen atoms in total. The van der Waals surface area contributed by atoms with Crippen LogP contribution in [0.5, 0.6) is 11.5 Å². The Balaban J connectivity index is 0.000000341. The first kappa shape index (κ1) is 50.1. The number of para-hydroxylation sites is 4.